The fraction of sp³-hybridized carbons (Fsp3) is 0.553. The fourth-order valence-corrected chi connectivity index (χ4v) is 9.07. The number of carbonyl (C=O) groups is 5. The van der Waals surface area contributed by atoms with Crippen LogP contribution in [0, 0.1) is 29.1 Å². The Kier molecular flexibility index (Phi) is 11.9. The van der Waals surface area contributed by atoms with Crippen molar-refractivity contribution in [1.29, 1.82) is 0 Å². The molecule has 12 nitrogen and oxygen atoms in total. The molecule has 51 heavy (non-hydrogen) atoms. The Morgan fingerprint density at radius 3 is 2.29 bits per heavy atom. The minimum Gasteiger partial charge on any atom is -0.346 e. The van der Waals surface area contributed by atoms with E-state index in [9.17, 15) is 32.4 Å². The summed E-state index contributed by atoms with van der Waals surface area (Å²) in [4.78, 5) is 69.3. The number of fused-ring (bicyclic) bond motifs is 1. The average molecular weight is 722 g/mol. The molecule has 2 saturated carbocycles. The van der Waals surface area contributed by atoms with Crippen LogP contribution in [0.3, 0.4) is 0 Å². The lowest BCUT2D eigenvalue weighted by Crippen LogP contribution is -2.62. The molecule has 2 aliphatic carbocycles. The molecule has 0 aromatic heterocycles. The monoisotopic (exact) mass is 721 g/mol. The zero-order valence-electron chi connectivity index (χ0n) is 30.3. The van der Waals surface area contributed by atoms with E-state index < -0.39 is 62.4 Å². The van der Waals surface area contributed by atoms with E-state index >= 15 is 0 Å². The van der Waals surface area contributed by atoms with Gasteiger partial charge in [0.2, 0.25) is 11.7 Å². The number of urea groups is 1. The van der Waals surface area contributed by atoms with Crippen molar-refractivity contribution in [3.63, 3.8) is 0 Å². The van der Waals surface area contributed by atoms with Crippen LogP contribution in [0.2, 0.25) is 0 Å². The van der Waals surface area contributed by atoms with E-state index in [0.717, 1.165) is 24.8 Å². The molecule has 276 valence electrons. The Hall–Kier alpha value is -4.44. The second-order valence-corrected chi connectivity index (χ2v) is 17.4. The zero-order chi connectivity index (χ0) is 37.8. The number of nitrogens with one attached hydrogen (secondary N) is 4. The third-order valence-corrected chi connectivity index (χ3v) is 12.1. The number of sulfone groups is 1. The number of hydrogen-bond donors (Lipinski definition) is 4. The van der Waals surface area contributed by atoms with Gasteiger partial charge < -0.3 is 26.2 Å². The quantitative estimate of drug-likeness (QED) is 0.130. The molecule has 4 N–H and O–H groups in total. The molecule has 2 fully saturated rings. The van der Waals surface area contributed by atoms with Crippen molar-refractivity contribution >= 4 is 39.4 Å². The minimum atomic E-state index is -3.74. The van der Waals surface area contributed by atoms with Crippen LogP contribution in [-0.4, -0.2) is 79.3 Å². The first-order valence-corrected chi connectivity index (χ1v) is 19.1. The van der Waals surface area contributed by atoms with Gasteiger partial charge in [-0.2, -0.15) is 0 Å². The van der Waals surface area contributed by atoms with Crippen LogP contribution >= 0.6 is 0 Å². The third-order valence-electron chi connectivity index (χ3n) is 10.2. The van der Waals surface area contributed by atoms with Gasteiger partial charge >= 0.3 is 6.03 Å². The van der Waals surface area contributed by atoms with Gasteiger partial charge in [-0.15, -0.1) is 18.9 Å². The molecule has 1 aliphatic heterocycles. The van der Waals surface area contributed by atoms with Crippen molar-refractivity contribution in [2.45, 2.75) is 102 Å². The van der Waals surface area contributed by atoms with E-state index in [2.05, 4.69) is 33.8 Å². The maximum Gasteiger partial charge on any atom is 0.315 e. The van der Waals surface area contributed by atoms with E-state index in [1.165, 1.54) is 23.1 Å². The van der Waals surface area contributed by atoms with Crippen molar-refractivity contribution in [3.05, 3.63) is 54.3 Å². The number of hydrogen-bond acceptors (Lipinski definition) is 7. The van der Waals surface area contributed by atoms with E-state index in [1.807, 2.05) is 13.8 Å². The first kappa shape index (κ1) is 39.3. The van der Waals surface area contributed by atoms with Crippen LogP contribution in [0.5, 0.6) is 0 Å². The van der Waals surface area contributed by atoms with Gasteiger partial charge in [0.1, 0.15) is 11.7 Å². The fourth-order valence-electron chi connectivity index (χ4n) is 7.25. The molecule has 0 saturated heterocycles. The van der Waals surface area contributed by atoms with Gasteiger partial charge in [0, 0.05) is 25.4 Å². The normalized spacial score (nSPS) is 20.2. The van der Waals surface area contributed by atoms with Crippen LogP contribution < -0.4 is 21.3 Å². The Balaban J connectivity index is 1.57. The molecule has 1 aromatic rings. The summed E-state index contributed by atoms with van der Waals surface area (Å²) in [6.07, 6.45) is 10.3. The molecule has 5 amide bonds. The lowest BCUT2D eigenvalue weighted by Gasteiger charge is -2.40. The summed E-state index contributed by atoms with van der Waals surface area (Å²) in [7, 11) is -3.74. The molecular weight excluding hydrogens is 671 g/mol. The van der Waals surface area contributed by atoms with Gasteiger partial charge in [0.15, 0.2) is 9.84 Å². The smallest absolute Gasteiger partial charge is 0.315 e. The van der Waals surface area contributed by atoms with Gasteiger partial charge in [-0.05, 0) is 47.8 Å². The molecule has 0 radical (unpaired) electrons. The highest BCUT2D eigenvalue weighted by molar-refractivity contribution is 7.91. The predicted molar refractivity (Wildman–Crippen MR) is 193 cm³/mol. The molecule has 0 bridgehead atoms. The van der Waals surface area contributed by atoms with Gasteiger partial charge in [0.25, 0.3) is 11.8 Å². The molecular formula is C38H51N5O7S. The number of carbonyl (C=O) groups excluding carboxylic acids is 5. The molecule has 3 atom stereocenters. The topological polar surface area (TPSA) is 171 Å². The van der Waals surface area contributed by atoms with Crippen molar-refractivity contribution in [2.75, 3.05) is 18.8 Å². The van der Waals surface area contributed by atoms with Crippen LogP contribution in [0.1, 0.15) is 79.6 Å². The maximum absolute atomic E-state index is 14.4. The van der Waals surface area contributed by atoms with Crippen LogP contribution in [0.15, 0.2) is 59.2 Å². The Bertz CT molecular complexity index is 1730. The molecule has 13 heteroatoms. The predicted octanol–water partition coefficient (Wildman–Crippen LogP) is 3.40. The number of terminal acetylenes is 1. The summed E-state index contributed by atoms with van der Waals surface area (Å²) in [5, 5.41) is 10.9. The van der Waals surface area contributed by atoms with Crippen LogP contribution in [-0.2, 0) is 29.0 Å². The summed E-state index contributed by atoms with van der Waals surface area (Å²) in [6, 6.07) is 5.10. The average Bonchev–Trinajstić information content (AvgIpc) is 3.38. The largest absolute Gasteiger partial charge is 0.346 e. The summed E-state index contributed by atoms with van der Waals surface area (Å²) in [5.41, 5.74) is -1.39. The summed E-state index contributed by atoms with van der Waals surface area (Å²) in [6.45, 7) is 13.1. The third kappa shape index (κ3) is 8.90. The summed E-state index contributed by atoms with van der Waals surface area (Å²) in [5.74, 6) is -0.943. The summed E-state index contributed by atoms with van der Waals surface area (Å²) < 4.78 is 26.9. The van der Waals surface area contributed by atoms with Gasteiger partial charge in [-0.3, -0.25) is 19.2 Å². The first-order chi connectivity index (χ1) is 23.9. The van der Waals surface area contributed by atoms with E-state index in [1.54, 1.807) is 39.0 Å². The SMILES string of the molecule is C#CCCC(NC(=O)C1=C2C(CN1C(=O)[C@@H](NC(=O)NC1(CS(=O)(=O)c3ccccc3)CCCCC1)C(C)(C)C)C2(C)C)C(=O)C(=O)NCC=C. The molecule has 2 unspecified atom stereocenters. The van der Waals surface area contributed by atoms with Crippen molar-refractivity contribution < 1.29 is 32.4 Å². The van der Waals surface area contributed by atoms with E-state index in [-0.39, 0.29) is 53.6 Å². The van der Waals surface area contributed by atoms with Crippen LogP contribution in [0.25, 0.3) is 0 Å². The number of ketones is 1. The Labute approximate surface area is 301 Å². The number of Topliss-reactive ketones (excluding diaryl/α,β-unsaturated/α-hetero) is 1. The van der Waals surface area contributed by atoms with Crippen molar-refractivity contribution in [3.8, 4) is 12.3 Å². The van der Waals surface area contributed by atoms with E-state index in [4.69, 9.17) is 6.42 Å². The molecule has 4 rings (SSSR count). The highest BCUT2D eigenvalue weighted by atomic mass is 32.2. The lowest BCUT2D eigenvalue weighted by atomic mass is 9.83. The van der Waals surface area contributed by atoms with E-state index in [0.29, 0.717) is 12.8 Å². The number of nitrogens with zero attached hydrogens (tertiary/aromatic N) is 1. The number of amides is 5. The minimum absolute atomic E-state index is 0.0139. The van der Waals surface area contributed by atoms with Crippen molar-refractivity contribution in [1.82, 2.24) is 26.2 Å². The van der Waals surface area contributed by atoms with Gasteiger partial charge in [-0.25, -0.2) is 13.2 Å². The van der Waals surface area contributed by atoms with Crippen LogP contribution in [0.4, 0.5) is 4.79 Å². The standard InChI is InChI=1S/C38H51N5O7S/c1-8-10-19-27(30(44)33(46)39-22-9-2)40-32(45)29-28-26(37(28,6)7)23-43(29)34(47)31(36(3,4)5)41-35(48)42-38(20-15-12-16-21-38)24-51(49,50)25-17-13-11-14-18-25/h1,9,11,13-14,17-18,26-27,31H,2,10,12,15-16,19-24H2,3-7H3,(H,39,46)(H,40,45)(H2,41,42,48)/t26?,27?,31-/m1/s1. The second kappa shape index (κ2) is 15.4. The van der Waals surface area contributed by atoms with Gasteiger partial charge in [-0.1, -0.05) is 78.2 Å². The van der Waals surface area contributed by atoms with Crippen molar-refractivity contribution in [2.24, 2.45) is 16.7 Å². The molecule has 3 aliphatic rings. The maximum atomic E-state index is 14.4. The summed E-state index contributed by atoms with van der Waals surface area (Å²) >= 11 is 0. The molecule has 0 spiro atoms. The van der Waals surface area contributed by atoms with Gasteiger partial charge in [0.05, 0.1) is 22.2 Å². The Morgan fingerprint density at radius 1 is 1.06 bits per heavy atom. The molecule has 1 heterocycles. The number of rotatable bonds is 14. The lowest BCUT2D eigenvalue weighted by molar-refractivity contribution is -0.140. The Morgan fingerprint density at radius 2 is 1.71 bits per heavy atom. The highest BCUT2D eigenvalue weighted by Crippen LogP contribution is 2.63. The molecule has 1 aromatic carbocycles. The highest BCUT2D eigenvalue weighted by Gasteiger charge is 2.62. The second-order valence-electron chi connectivity index (χ2n) is 15.4. The number of benzene rings is 1. The first-order valence-electron chi connectivity index (χ1n) is 17.5. The zero-order valence-corrected chi connectivity index (χ0v) is 31.1.